The van der Waals surface area contributed by atoms with Gasteiger partial charge in [0.25, 0.3) is 10.0 Å². The van der Waals surface area contributed by atoms with E-state index in [9.17, 15) is 8.42 Å². The second kappa shape index (κ2) is 6.00. The predicted octanol–water partition coefficient (Wildman–Crippen LogP) is 1.68. The molecule has 0 unspecified atom stereocenters. The van der Waals surface area contributed by atoms with E-state index in [1.807, 2.05) is 0 Å². The van der Waals surface area contributed by atoms with Crippen LogP contribution >= 0.6 is 23.8 Å². The Kier molecular flexibility index (Phi) is 4.92. The molecule has 4 nitrogen and oxygen atoms in total. The first-order valence-electron chi connectivity index (χ1n) is 4.63. The molecule has 17 heavy (non-hydrogen) atoms. The summed E-state index contributed by atoms with van der Waals surface area (Å²) in [5, 5.41) is 2.81. The Morgan fingerprint density at radius 2 is 2.12 bits per heavy atom. The van der Waals surface area contributed by atoms with Crippen LogP contribution in [-0.2, 0) is 10.0 Å². The molecule has 0 spiro atoms. The zero-order valence-corrected chi connectivity index (χ0v) is 11.2. The van der Waals surface area contributed by atoms with E-state index in [4.69, 9.17) is 23.8 Å². The molecule has 0 aliphatic heterocycles. The molecule has 1 rings (SSSR count). The van der Waals surface area contributed by atoms with E-state index in [-0.39, 0.29) is 15.0 Å². The van der Waals surface area contributed by atoms with Crippen LogP contribution in [0.25, 0.3) is 0 Å². The van der Waals surface area contributed by atoms with E-state index >= 15 is 0 Å². The van der Waals surface area contributed by atoms with Crippen LogP contribution in [0.4, 0.5) is 0 Å². The minimum Gasteiger partial charge on any atom is -0.358 e. The van der Waals surface area contributed by atoms with Crippen molar-refractivity contribution in [3.63, 3.8) is 0 Å². The van der Waals surface area contributed by atoms with Crippen molar-refractivity contribution >= 4 is 39.0 Å². The van der Waals surface area contributed by atoms with Crippen molar-refractivity contribution < 1.29 is 8.42 Å². The standard InChI is InChI=1S/C10H11ClN2O2S2/c1-2-7-12-10(16)13-17(14,15)9-6-4-3-5-8(9)11/h2-6H,1,7H2,(H2,12,13,16). The molecule has 0 bridgehead atoms. The van der Waals surface area contributed by atoms with Gasteiger partial charge in [0.15, 0.2) is 5.11 Å². The number of hydrogen-bond donors (Lipinski definition) is 2. The summed E-state index contributed by atoms with van der Waals surface area (Å²) in [6.45, 7) is 3.86. The van der Waals surface area contributed by atoms with Crippen molar-refractivity contribution in [2.75, 3.05) is 6.54 Å². The molecular weight excluding hydrogens is 280 g/mol. The topological polar surface area (TPSA) is 58.2 Å². The van der Waals surface area contributed by atoms with E-state index in [1.54, 1.807) is 18.2 Å². The van der Waals surface area contributed by atoms with Crippen LogP contribution in [0.3, 0.4) is 0 Å². The maximum atomic E-state index is 11.9. The van der Waals surface area contributed by atoms with Crippen molar-refractivity contribution in [2.24, 2.45) is 0 Å². The molecule has 1 aromatic carbocycles. The average molecular weight is 291 g/mol. The minimum absolute atomic E-state index is 0.00446. The first-order valence-corrected chi connectivity index (χ1v) is 6.90. The highest BCUT2D eigenvalue weighted by atomic mass is 35.5. The van der Waals surface area contributed by atoms with Gasteiger partial charge >= 0.3 is 0 Å². The van der Waals surface area contributed by atoms with Gasteiger partial charge in [-0.1, -0.05) is 29.8 Å². The molecular formula is C10H11ClN2O2S2. The highest BCUT2D eigenvalue weighted by molar-refractivity contribution is 7.92. The summed E-state index contributed by atoms with van der Waals surface area (Å²) >= 11 is 10.6. The van der Waals surface area contributed by atoms with Gasteiger partial charge in [0, 0.05) is 6.54 Å². The summed E-state index contributed by atoms with van der Waals surface area (Å²) in [6.07, 6.45) is 1.57. The van der Waals surface area contributed by atoms with Crippen LogP contribution in [0.15, 0.2) is 41.8 Å². The predicted molar refractivity (Wildman–Crippen MR) is 72.6 cm³/mol. The molecule has 0 radical (unpaired) electrons. The summed E-state index contributed by atoms with van der Waals surface area (Å²) < 4.78 is 26.0. The SMILES string of the molecule is C=CCNC(=S)NS(=O)(=O)c1ccccc1Cl. The van der Waals surface area contributed by atoms with Gasteiger partial charge in [-0.25, -0.2) is 8.42 Å². The maximum absolute atomic E-state index is 11.9. The van der Waals surface area contributed by atoms with Gasteiger partial charge in [0.05, 0.1) is 5.02 Å². The van der Waals surface area contributed by atoms with Gasteiger partial charge in [-0.2, -0.15) is 0 Å². The molecule has 0 amide bonds. The number of benzene rings is 1. The molecule has 0 atom stereocenters. The van der Waals surface area contributed by atoms with Crippen molar-refractivity contribution in [1.29, 1.82) is 0 Å². The normalized spacial score (nSPS) is 10.6. The van der Waals surface area contributed by atoms with Gasteiger partial charge < -0.3 is 5.32 Å². The highest BCUT2D eigenvalue weighted by Gasteiger charge is 2.18. The van der Waals surface area contributed by atoms with Crippen LogP contribution in [0.2, 0.25) is 5.02 Å². The fourth-order valence-electron chi connectivity index (χ4n) is 1.04. The monoisotopic (exact) mass is 290 g/mol. The first-order chi connectivity index (χ1) is 7.97. The molecule has 0 saturated carbocycles. The third kappa shape index (κ3) is 3.99. The van der Waals surface area contributed by atoms with Crippen LogP contribution in [-0.4, -0.2) is 20.1 Å². The molecule has 0 aliphatic rings. The van der Waals surface area contributed by atoms with Crippen LogP contribution < -0.4 is 10.0 Å². The van der Waals surface area contributed by atoms with Crippen molar-refractivity contribution in [3.8, 4) is 0 Å². The third-order valence-corrected chi connectivity index (χ3v) is 3.99. The molecule has 0 saturated heterocycles. The lowest BCUT2D eigenvalue weighted by Gasteiger charge is -2.10. The smallest absolute Gasteiger partial charge is 0.265 e. The van der Waals surface area contributed by atoms with Crippen LogP contribution in [0, 0.1) is 0 Å². The molecule has 2 N–H and O–H groups in total. The van der Waals surface area contributed by atoms with Crippen molar-refractivity contribution in [2.45, 2.75) is 4.90 Å². The van der Waals surface area contributed by atoms with E-state index in [2.05, 4.69) is 16.6 Å². The molecule has 0 fully saturated rings. The molecule has 0 heterocycles. The van der Waals surface area contributed by atoms with Gasteiger partial charge in [-0.15, -0.1) is 6.58 Å². The van der Waals surface area contributed by atoms with Gasteiger partial charge in [0.2, 0.25) is 0 Å². The number of hydrogen-bond acceptors (Lipinski definition) is 3. The summed E-state index contributed by atoms with van der Waals surface area (Å²) in [4.78, 5) is -0.00980. The minimum atomic E-state index is -3.74. The van der Waals surface area contributed by atoms with Gasteiger partial charge in [-0.05, 0) is 24.4 Å². The van der Waals surface area contributed by atoms with E-state index in [1.165, 1.54) is 12.1 Å². The van der Waals surface area contributed by atoms with E-state index in [0.717, 1.165) is 0 Å². The lowest BCUT2D eigenvalue weighted by molar-refractivity contribution is 0.592. The first kappa shape index (κ1) is 14.0. The molecule has 7 heteroatoms. The number of sulfonamides is 1. The second-order valence-electron chi connectivity index (χ2n) is 3.03. The fraction of sp³-hybridized carbons (Fsp3) is 0.100. The largest absolute Gasteiger partial charge is 0.358 e. The van der Waals surface area contributed by atoms with E-state index in [0.29, 0.717) is 6.54 Å². The molecule has 92 valence electrons. The average Bonchev–Trinajstić information content (AvgIpc) is 2.26. The van der Waals surface area contributed by atoms with Crippen molar-refractivity contribution in [1.82, 2.24) is 10.0 Å². The zero-order valence-electron chi connectivity index (χ0n) is 8.81. The molecule has 1 aromatic rings. The van der Waals surface area contributed by atoms with Crippen LogP contribution in [0.1, 0.15) is 0 Å². The Balaban J connectivity index is 2.86. The Labute approximate surface area is 111 Å². The second-order valence-corrected chi connectivity index (χ2v) is 5.50. The Bertz CT molecular complexity index is 529. The molecule has 0 aliphatic carbocycles. The Hall–Kier alpha value is -1.11. The van der Waals surface area contributed by atoms with Gasteiger partial charge in [0.1, 0.15) is 4.90 Å². The number of nitrogens with one attached hydrogen (secondary N) is 2. The molecule has 0 aromatic heterocycles. The fourth-order valence-corrected chi connectivity index (χ4v) is 2.90. The maximum Gasteiger partial charge on any atom is 0.265 e. The Morgan fingerprint density at radius 3 is 2.71 bits per heavy atom. The van der Waals surface area contributed by atoms with Crippen molar-refractivity contribution in [3.05, 3.63) is 41.9 Å². The zero-order chi connectivity index (χ0) is 12.9. The Morgan fingerprint density at radius 1 is 1.47 bits per heavy atom. The summed E-state index contributed by atoms with van der Waals surface area (Å²) in [5.74, 6) is 0. The summed E-state index contributed by atoms with van der Waals surface area (Å²) in [5.41, 5.74) is 0. The highest BCUT2D eigenvalue weighted by Crippen LogP contribution is 2.19. The summed E-state index contributed by atoms with van der Waals surface area (Å²) in [7, 11) is -3.74. The quantitative estimate of drug-likeness (QED) is 0.654. The third-order valence-electron chi connectivity index (χ3n) is 1.76. The number of halogens is 1. The lowest BCUT2D eigenvalue weighted by Crippen LogP contribution is -2.39. The summed E-state index contributed by atoms with van der Waals surface area (Å²) in [6, 6.07) is 6.13. The van der Waals surface area contributed by atoms with E-state index < -0.39 is 10.0 Å². The number of rotatable bonds is 4. The number of thiocarbonyl (C=S) groups is 1. The van der Waals surface area contributed by atoms with Crippen LogP contribution in [0.5, 0.6) is 0 Å². The van der Waals surface area contributed by atoms with Gasteiger partial charge in [-0.3, -0.25) is 4.72 Å². The lowest BCUT2D eigenvalue weighted by atomic mass is 10.4.